The van der Waals surface area contributed by atoms with Crippen LogP contribution in [0.25, 0.3) is 0 Å². The number of halogens is 2. The maximum absolute atomic E-state index is 5.97. The molecule has 0 N–H and O–H groups in total. The molecule has 0 saturated carbocycles. The van der Waals surface area contributed by atoms with Gasteiger partial charge in [-0.05, 0) is 63.7 Å². The molecule has 0 radical (unpaired) electrons. The van der Waals surface area contributed by atoms with Gasteiger partial charge in [-0.15, -0.1) is 0 Å². The molecular formula is C17H14I2O. The first kappa shape index (κ1) is 14.4. The minimum absolute atomic E-state index is 0.279. The molecule has 0 aromatic heterocycles. The first-order valence-electron chi connectivity index (χ1n) is 6.49. The van der Waals surface area contributed by atoms with E-state index in [1.165, 1.54) is 23.9 Å². The number of allylic oxidation sites excluding steroid dienone is 1. The first-order valence-corrected chi connectivity index (χ1v) is 8.65. The van der Waals surface area contributed by atoms with Gasteiger partial charge < -0.3 is 4.74 Å². The lowest BCUT2D eigenvalue weighted by Gasteiger charge is -2.19. The standard InChI is InChI=1S/C17H14I2O/c1-11-7-8-15-13(9-11)16(12-5-3-2-4-6-12)17(19)14(18)10-20-15/h2-9,16H,10H2,1H3. The van der Waals surface area contributed by atoms with Crippen LogP contribution < -0.4 is 4.74 Å². The molecular weight excluding hydrogens is 474 g/mol. The van der Waals surface area contributed by atoms with Gasteiger partial charge in [0.2, 0.25) is 0 Å². The molecule has 1 heterocycles. The molecule has 0 saturated heterocycles. The van der Waals surface area contributed by atoms with Gasteiger partial charge in [-0.1, -0.05) is 48.0 Å². The van der Waals surface area contributed by atoms with E-state index < -0.39 is 0 Å². The van der Waals surface area contributed by atoms with Crippen LogP contribution in [0.2, 0.25) is 0 Å². The Hall–Kier alpha value is -0.560. The molecule has 3 rings (SSSR count). The summed E-state index contributed by atoms with van der Waals surface area (Å²) in [4.78, 5) is 0. The fourth-order valence-corrected chi connectivity index (χ4v) is 3.82. The molecule has 3 heteroatoms. The van der Waals surface area contributed by atoms with Crippen LogP contribution >= 0.6 is 45.2 Å². The zero-order chi connectivity index (χ0) is 14.1. The largest absolute Gasteiger partial charge is 0.488 e. The zero-order valence-corrected chi connectivity index (χ0v) is 15.4. The van der Waals surface area contributed by atoms with Crippen molar-refractivity contribution < 1.29 is 4.74 Å². The summed E-state index contributed by atoms with van der Waals surface area (Å²) in [5.41, 5.74) is 3.87. The maximum atomic E-state index is 5.97. The second-order valence-corrected chi connectivity index (χ2v) is 7.39. The third-order valence-electron chi connectivity index (χ3n) is 3.48. The first-order chi connectivity index (χ1) is 9.66. The van der Waals surface area contributed by atoms with Crippen LogP contribution in [0.3, 0.4) is 0 Å². The van der Waals surface area contributed by atoms with Crippen LogP contribution in [0.4, 0.5) is 0 Å². The van der Waals surface area contributed by atoms with Gasteiger partial charge in [0.25, 0.3) is 0 Å². The van der Waals surface area contributed by atoms with Gasteiger partial charge in [-0.25, -0.2) is 0 Å². The van der Waals surface area contributed by atoms with E-state index >= 15 is 0 Å². The lowest BCUT2D eigenvalue weighted by atomic mass is 9.89. The van der Waals surface area contributed by atoms with E-state index in [4.69, 9.17) is 4.74 Å². The van der Waals surface area contributed by atoms with E-state index in [0.29, 0.717) is 6.61 Å². The molecule has 2 aromatic rings. The van der Waals surface area contributed by atoms with Gasteiger partial charge in [0.15, 0.2) is 0 Å². The van der Waals surface area contributed by atoms with E-state index in [1.54, 1.807) is 0 Å². The number of aryl methyl sites for hydroxylation is 1. The average molecular weight is 488 g/mol. The highest BCUT2D eigenvalue weighted by Gasteiger charge is 2.26. The highest BCUT2D eigenvalue weighted by atomic mass is 127. The Morgan fingerprint density at radius 2 is 1.80 bits per heavy atom. The van der Waals surface area contributed by atoms with E-state index in [-0.39, 0.29) is 5.92 Å². The molecule has 20 heavy (non-hydrogen) atoms. The summed E-state index contributed by atoms with van der Waals surface area (Å²) in [6, 6.07) is 17.1. The zero-order valence-electron chi connectivity index (χ0n) is 11.1. The van der Waals surface area contributed by atoms with Crippen molar-refractivity contribution in [3.63, 3.8) is 0 Å². The van der Waals surface area contributed by atoms with Crippen LogP contribution in [0.15, 0.2) is 55.7 Å². The Balaban J connectivity index is 2.22. The highest BCUT2D eigenvalue weighted by molar-refractivity contribution is 14.1. The van der Waals surface area contributed by atoms with Gasteiger partial charge in [-0.3, -0.25) is 0 Å². The minimum Gasteiger partial charge on any atom is -0.488 e. The summed E-state index contributed by atoms with van der Waals surface area (Å²) in [5.74, 6) is 1.28. The predicted octanol–water partition coefficient (Wildman–Crippen LogP) is 5.60. The second-order valence-electron chi connectivity index (χ2n) is 4.93. The summed E-state index contributed by atoms with van der Waals surface area (Å²) in [5, 5.41) is 0. The molecule has 0 aliphatic carbocycles. The Kier molecular flexibility index (Phi) is 4.35. The van der Waals surface area contributed by atoms with Crippen LogP contribution in [-0.2, 0) is 0 Å². The lowest BCUT2D eigenvalue weighted by molar-refractivity contribution is 0.361. The summed E-state index contributed by atoms with van der Waals surface area (Å²) >= 11 is 4.88. The maximum Gasteiger partial charge on any atom is 0.124 e. The minimum atomic E-state index is 0.279. The highest BCUT2D eigenvalue weighted by Crippen LogP contribution is 2.45. The molecule has 102 valence electrons. The summed E-state index contributed by atoms with van der Waals surface area (Å²) in [7, 11) is 0. The summed E-state index contributed by atoms with van der Waals surface area (Å²) < 4.78 is 8.61. The third-order valence-corrected chi connectivity index (χ3v) is 6.67. The molecule has 0 fully saturated rings. The number of ether oxygens (including phenoxy) is 1. The smallest absolute Gasteiger partial charge is 0.124 e. The normalized spacial score (nSPS) is 18.2. The van der Waals surface area contributed by atoms with Crippen molar-refractivity contribution in [1.29, 1.82) is 0 Å². The van der Waals surface area contributed by atoms with E-state index in [0.717, 1.165) is 5.75 Å². The molecule has 1 atom stereocenters. The van der Waals surface area contributed by atoms with E-state index in [2.05, 4.69) is 101 Å². The average Bonchev–Trinajstić information content (AvgIpc) is 2.58. The number of hydrogen-bond acceptors (Lipinski definition) is 1. The molecule has 1 aliphatic rings. The van der Waals surface area contributed by atoms with Gasteiger partial charge in [0.1, 0.15) is 12.4 Å². The van der Waals surface area contributed by atoms with Crippen molar-refractivity contribution in [1.82, 2.24) is 0 Å². The van der Waals surface area contributed by atoms with E-state index in [1.807, 2.05) is 0 Å². The molecule has 1 aliphatic heterocycles. The Morgan fingerprint density at radius 1 is 1.05 bits per heavy atom. The topological polar surface area (TPSA) is 9.23 Å². The van der Waals surface area contributed by atoms with Crippen molar-refractivity contribution in [3.05, 3.63) is 72.4 Å². The fourth-order valence-electron chi connectivity index (χ4n) is 2.50. The summed E-state index contributed by atoms with van der Waals surface area (Å²) in [6.07, 6.45) is 0. The fraction of sp³-hybridized carbons (Fsp3) is 0.176. The van der Waals surface area contributed by atoms with Crippen LogP contribution in [0, 0.1) is 6.92 Å². The number of hydrogen-bond donors (Lipinski definition) is 0. The molecule has 2 aromatic carbocycles. The molecule has 0 bridgehead atoms. The molecule has 1 unspecified atom stereocenters. The van der Waals surface area contributed by atoms with Gasteiger partial charge in [0, 0.05) is 18.6 Å². The van der Waals surface area contributed by atoms with Crippen LogP contribution in [-0.4, -0.2) is 6.61 Å². The predicted molar refractivity (Wildman–Crippen MR) is 100 cm³/mol. The molecule has 1 nitrogen and oxygen atoms in total. The number of rotatable bonds is 1. The Labute approximate surface area is 146 Å². The van der Waals surface area contributed by atoms with E-state index in [9.17, 15) is 0 Å². The molecule has 0 spiro atoms. The van der Waals surface area contributed by atoms with Gasteiger partial charge in [0.05, 0.1) is 0 Å². The monoisotopic (exact) mass is 488 g/mol. The van der Waals surface area contributed by atoms with Crippen molar-refractivity contribution in [2.24, 2.45) is 0 Å². The quantitative estimate of drug-likeness (QED) is 0.476. The Morgan fingerprint density at radius 3 is 2.55 bits per heavy atom. The second kappa shape index (κ2) is 6.05. The molecule has 0 amide bonds. The van der Waals surface area contributed by atoms with Crippen molar-refractivity contribution in [2.75, 3.05) is 6.61 Å². The van der Waals surface area contributed by atoms with Crippen molar-refractivity contribution >= 4 is 45.2 Å². The Bertz CT molecular complexity index is 662. The number of benzene rings is 2. The number of fused-ring (bicyclic) bond motifs is 1. The third kappa shape index (κ3) is 2.74. The van der Waals surface area contributed by atoms with Crippen LogP contribution in [0.1, 0.15) is 22.6 Å². The summed E-state index contributed by atoms with van der Waals surface area (Å²) in [6.45, 7) is 2.80. The van der Waals surface area contributed by atoms with Crippen molar-refractivity contribution in [2.45, 2.75) is 12.8 Å². The SMILES string of the molecule is Cc1ccc2c(c1)C(c1ccccc1)C(I)=C(I)CO2. The van der Waals surface area contributed by atoms with Crippen molar-refractivity contribution in [3.8, 4) is 5.75 Å². The van der Waals surface area contributed by atoms with Crippen LogP contribution in [0.5, 0.6) is 5.75 Å². The van der Waals surface area contributed by atoms with Gasteiger partial charge >= 0.3 is 0 Å². The van der Waals surface area contributed by atoms with Gasteiger partial charge in [-0.2, -0.15) is 0 Å². The lowest BCUT2D eigenvalue weighted by Crippen LogP contribution is -2.02.